The minimum Gasteiger partial charge on any atom is -0.455 e. The van der Waals surface area contributed by atoms with Gasteiger partial charge in [0.05, 0.1) is 23.3 Å². The number of aromatic nitrogens is 5. The smallest absolute Gasteiger partial charge is 0.340 e. The molecule has 2 N–H and O–H groups in total. The van der Waals surface area contributed by atoms with Gasteiger partial charge in [0.25, 0.3) is 0 Å². The van der Waals surface area contributed by atoms with Gasteiger partial charge in [-0.15, -0.1) is 5.10 Å². The number of hydrogen-bond acceptors (Lipinski definition) is 7. The third-order valence-corrected chi connectivity index (χ3v) is 3.71. The molecule has 0 aliphatic carbocycles. The van der Waals surface area contributed by atoms with Gasteiger partial charge in [-0.3, -0.25) is 0 Å². The zero-order chi connectivity index (χ0) is 17.8. The van der Waals surface area contributed by atoms with Gasteiger partial charge < -0.3 is 10.5 Å². The first-order valence-electron chi connectivity index (χ1n) is 7.41. The Kier molecular flexibility index (Phi) is 4.90. The normalized spacial score (nSPS) is 10.6. The maximum atomic E-state index is 12.0. The van der Waals surface area contributed by atoms with E-state index in [9.17, 15) is 4.79 Å². The lowest BCUT2D eigenvalue weighted by molar-refractivity contribution is 0.0468. The molecule has 1 aromatic carbocycles. The molecule has 0 amide bonds. The van der Waals surface area contributed by atoms with Crippen LogP contribution in [-0.4, -0.2) is 30.9 Å². The number of nitrogen functional groups attached to an aromatic ring is 1. The van der Waals surface area contributed by atoms with Gasteiger partial charge >= 0.3 is 5.97 Å². The van der Waals surface area contributed by atoms with Gasteiger partial charge in [0.2, 0.25) is 0 Å². The Morgan fingerprint density at radius 2 is 2.16 bits per heavy atom. The number of carbonyl (C=O) groups is 1. The number of aryl methyl sites for hydroxylation is 1. The molecule has 3 rings (SSSR count). The maximum absolute atomic E-state index is 12.0. The number of esters is 1. The Bertz CT molecular complexity index is 911. The van der Waals surface area contributed by atoms with E-state index in [0.717, 1.165) is 5.56 Å². The molecule has 0 atom stereocenters. The van der Waals surface area contributed by atoms with Crippen molar-refractivity contribution in [3.05, 3.63) is 64.3 Å². The Morgan fingerprint density at radius 1 is 1.36 bits per heavy atom. The molecule has 3 aromatic rings. The maximum Gasteiger partial charge on any atom is 0.340 e. The minimum absolute atomic E-state index is 0.00998. The first-order chi connectivity index (χ1) is 12.0. The van der Waals surface area contributed by atoms with E-state index in [1.807, 2.05) is 0 Å². The van der Waals surface area contributed by atoms with Crippen molar-refractivity contribution in [2.24, 2.45) is 0 Å². The second-order valence-corrected chi connectivity index (χ2v) is 5.70. The first kappa shape index (κ1) is 16.8. The summed E-state index contributed by atoms with van der Waals surface area (Å²) in [7, 11) is 0. The van der Waals surface area contributed by atoms with Crippen LogP contribution in [0.2, 0.25) is 5.02 Å². The number of carbonyl (C=O) groups excluding carboxylic acids is 1. The molecule has 128 valence electrons. The average Bonchev–Trinajstić information content (AvgIpc) is 3.03. The van der Waals surface area contributed by atoms with Crippen molar-refractivity contribution in [2.45, 2.75) is 20.1 Å². The molecule has 25 heavy (non-hydrogen) atoms. The summed E-state index contributed by atoms with van der Waals surface area (Å²) in [4.78, 5) is 20.2. The lowest BCUT2D eigenvalue weighted by Crippen LogP contribution is -2.07. The molecule has 0 fully saturated rings. The molecule has 0 radical (unpaired) electrons. The number of nitrogens with two attached hydrogens (primary N) is 1. The molecule has 0 saturated heterocycles. The van der Waals surface area contributed by atoms with Crippen LogP contribution in [-0.2, 0) is 17.9 Å². The number of ether oxygens (including phenoxy) is 1. The van der Waals surface area contributed by atoms with E-state index in [-0.39, 0.29) is 6.61 Å². The van der Waals surface area contributed by atoms with Crippen LogP contribution in [0.1, 0.15) is 27.4 Å². The molecule has 0 saturated carbocycles. The van der Waals surface area contributed by atoms with Crippen LogP contribution in [0.5, 0.6) is 0 Å². The van der Waals surface area contributed by atoms with Crippen molar-refractivity contribution in [3.8, 4) is 0 Å². The Morgan fingerprint density at radius 3 is 2.92 bits per heavy atom. The Labute approximate surface area is 148 Å². The van der Waals surface area contributed by atoms with Crippen LogP contribution in [0.15, 0.2) is 36.7 Å². The second-order valence-electron chi connectivity index (χ2n) is 5.29. The fourth-order valence-electron chi connectivity index (χ4n) is 2.13. The molecule has 0 aliphatic rings. The Balaban J connectivity index is 1.62. The zero-order valence-corrected chi connectivity index (χ0v) is 14.1. The van der Waals surface area contributed by atoms with Crippen LogP contribution in [0, 0.1) is 6.92 Å². The quantitative estimate of drug-likeness (QED) is 0.695. The number of halogens is 1. The topological polar surface area (TPSA) is 109 Å². The van der Waals surface area contributed by atoms with Gasteiger partial charge in [0.15, 0.2) is 0 Å². The standard InChI is InChI=1S/C16H15ClN6O2/c1-10-19-6-11(15(18)20-10)7-23-8-12(21-22-23)9-25-16(24)13-4-2-3-5-14(13)17/h2-6,8H,7,9H2,1H3,(H2,18,19,20). The fourth-order valence-corrected chi connectivity index (χ4v) is 2.35. The first-order valence-corrected chi connectivity index (χ1v) is 7.79. The highest BCUT2D eigenvalue weighted by Gasteiger charge is 2.12. The number of anilines is 1. The van der Waals surface area contributed by atoms with Crippen LogP contribution in [0.3, 0.4) is 0 Å². The number of benzene rings is 1. The summed E-state index contributed by atoms with van der Waals surface area (Å²) < 4.78 is 6.78. The van der Waals surface area contributed by atoms with E-state index in [4.69, 9.17) is 22.1 Å². The van der Waals surface area contributed by atoms with Crippen molar-refractivity contribution in [3.63, 3.8) is 0 Å². The fraction of sp³-hybridized carbons (Fsp3) is 0.188. The van der Waals surface area contributed by atoms with E-state index in [2.05, 4.69) is 20.3 Å². The van der Waals surface area contributed by atoms with Crippen molar-refractivity contribution >= 4 is 23.4 Å². The highest BCUT2D eigenvalue weighted by molar-refractivity contribution is 6.33. The predicted molar refractivity (Wildman–Crippen MR) is 90.9 cm³/mol. The third-order valence-electron chi connectivity index (χ3n) is 3.38. The highest BCUT2D eigenvalue weighted by Crippen LogP contribution is 2.16. The largest absolute Gasteiger partial charge is 0.455 e. The van der Waals surface area contributed by atoms with E-state index < -0.39 is 5.97 Å². The number of nitrogens with zero attached hydrogens (tertiary/aromatic N) is 5. The van der Waals surface area contributed by atoms with Crippen LogP contribution >= 0.6 is 11.6 Å². The van der Waals surface area contributed by atoms with Gasteiger partial charge in [-0.2, -0.15) is 0 Å². The molecule has 0 aliphatic heterocycles. The molecule has 0 bridgehead atoms. The summed E-state index contributed by atoms with van der Waals surface area (Å²) in [6.45, 7) is 2.13. The summed E-state index contributed by atoms with van der Waals surface area (Å²) in [5.74, 6) is 0.484. The van der Waals surface area contributed by atoms with Crippen molar-refractivity contribution in [1.29, 1.82) is 0 Å². The number of hydrogen-bond donors (Lipinski definition) is 1. The lowest BCUT2D eigenvalue weighted by Gasteiger charge is -2.05. The zero-order valence-electron chi connectivity index (χ0n) is 13.4. The molecular formula is C16H15ClN6O2. The molecule has 8 nitrogen and oxygen atoms in total. The van der Waals surface area contributed by atoms with Crippen LogP contribution < -0.4 is 5.73 Å². The van der Waals surface area contributed by atoms with Gasteiger partial charge in [0.1, 0.15) is 23.9 Å². The van der Waals surface area contributed by atoms with Gasteiger partial charge in [-0.25, -0.2) is 19.4 Å². The third kappa shape index (κ3) is 4.10. The van der Waals surface area contributed by atoms with E-state index >= 15 is 0 Å². The van der Waals surface area contributed by atoms with E-state index in [1.54, 1.807) is 48.3 Å². The van der Waals surface area contributed by atoms with Crippen LogP contribution in [0.4, 0.5) is 5.82 Å². The number of rotatable bonds is 5. The summed E-state index contributed by atoms with van der Waals surface area (Å²) >= 11 is 5.96. The summed E-state index contributed by atoms with van der Waals surface area (Å²) in [5.41, 5.74) is 7.40. The minimum atomic E-state index is -0.517. The van der Waals surface area contributed by atoms with Crippen LogP contribution in [0.25, 0.3) is 0 Å². The highest BCUT2D eigenvalue weighted by atomic mass is 35.5. The Hall–Kier alpha value is -3.00. The summed E-state index contributed by atoms with van der Waals surface area (Å²) in [6.07, 6.45) is 3.32. The van der Waals surface area contributed by atoms with Crippen molar-refractivity contribution in [2.75, 3.05) is 5.73 Å². The molecule has 0 spiro atoms. The summed E-state index contributed by atoms with van der Waals surface area (Å²) in [5, 5.41) is 8.29. The molecule has 2 aromatic heterocycles. The van der Waals surface area contributed by atoms with E-state index in [0.29, 0.717) is 34.5 Å². The molecular weight excluding hydrogens is 344 g/mol. The average molecular weight is 359 g/mol. The van der Waals surface area contributed by atoms with Crippen molar-refractivity contribution < 1.29 is 9.53 Å². The second kappa shape index (κ2) is 7.27. The van der Waals surface area contributed by atoms with Gasteiger partial charge in [-0.05, 0) is 19.1 Å². The molecule has 0 unspecified atom stereocenters. The van der Waals surface area contributed by atoms with Crippen molar-refractivity contribution in [1.82, 2.24) is 25.0 Å². The van der Waals surface area contributed by atoms with E-state index in [1.165, 1.54) is 0 Å². The SMILES string of the molecule is Cc1ncc(Cn2cc(COC(=O)c3ccccc3Cl)nn2)c(N)n1. The van der Waals surface area contributed by atoms with Gasteiger partial charge in [0, 0.05) is 11.8 Å². The monoisotopic (exact) mass is 358 g/mol. The van der Waals surface area contributed by atoms with Gasteiger partial charge in [-0.1, -0.05) is 28.9 Å². The summed E-state index contributed by atoms with van der Waals surface area (Å²) in [6, 6.07) is 6.68. The predicted octanol–water partition coefficient (Wildman–Crippen LogP) is 2.02. The molecule has 9 heteroatoms. The molecule has 2 heterocycles. The lowest BCUT2D eigenvalue weighted by atomic mass is 10.2.